The molecule has 2 aromatic rings. The van der Waals surface area contributed by atoms with Gasteiger partial charge in [-0.1, -0.05) is 29.8 Å². The summed E-state index contributed by atoms with van der Waals surface area (Å²) in [5.74, 6) is -0.0195. The van der Waals surface area contributed by atoms with Gasteiger partial charge in [-0.2, -0.15) is 0 Å². The number of hydrogen-bond donors (Lipinski definition) is 1. The third-order valence-electron chi connectivity index (χ3n) is 5.81. The first kappa shape index (κ1) is 18.5. The molecule has 2 aromatic carbocycles. The molecule has 1 fully saturated rings. The highest BCUT2D eigenvalue weighted by Crippen LogP contribution is 2.35. The molecule has 28 heavy (non-hydrogen) atoms. The lowest BCUT2D eigenvalue weighted by atomic mass is 9.97. The van der Waals surface area contributed by atoms with E-state index < -0.39 is 0 Å². The van der Waals surface area contributed by atoms with Crippen molar-refractivity contribution in [3.8, 4) is 0 Å². The number of carbonyl (C=O) groups excluding carboxylic acids is 2. The van der Waals surface area contributed by atoms with Crippen molar-refractivity contribution >= 4 is 17.5 Å². The molecule has 1 atom stereocenters. The number of amides is 2. The van der Waals surface area contributed by atoms with Crippen LogP contribution in [0.5, 0.6) is 0 Å². The quantitative estimate of drug-likeness (QED) is 0.884. The predicted molar refractivity (Wildman–Crippen MR) is 110 cm³/mol. The van der Waals surface area contributed by atoms with Crippen molar-refractivity contribution < 1.29 is 9.59 Å². The van der Waals surface area contributed by atoms with Crippen LogP contribution in [0, 0.1) is 6.92 Å². The number of hydrogen-bond acceptors (Lipinski definition) is 3. The zero-order valence-corrected chi connectivity index (χ0v) is 16.6. The SMILES string of the molecule is CCN1c2cc(C(=O)NCc3ccc(C)cc3)ccc2C(=O)N2CCCC[C@H]21. The molecule has 0 spiro atoms. The van der Waals surface area contributed by atoms with E-state index in [1.165, 1.54) is 5.56 Å². The summed E-state index contributed by atoms with van der Waals surface area (Å²) in [7, 11) is 0. The molecular formula is C23H27N3O2. The van der Waals surface area contributed by atoms with Gasteiger partial charge >= 0.3 is 0 Å². The maximum atomic E-state index is 12.9. The van der Waals surface area contributed by atoms with Crippen LogP contribution in [-0.2, 0) is 6.54 Å². The van der Waals surface area contributed by atoms with Gasteiger partial charge in [0.2, 0.25) is 0 Å². The molecule has 1 saturated heterocycles. The summed E-state index contributed by atoms with van der Waals surface area (Å²) < 4.78 is 0. The van der Waals surface area contributed by atoms with Crippen LogP contribution in [0.1, 0.15) is 58.0 Å². The zero-order valence-electron chi connectivity index (χ0n) is 16.6. The number of anilines is 1. The predicted octanol–water partition coefficient (Wildman–Crippen LogP) is 3.72. The Morgan fingerprint density at radius 2 is 1.93 bits per heavy atom. The smallest absolute Gasteiger partial charge is 0.257 e. The lowest BCUT2D eigenvalue weighted by Gasteiger charge is -2.47. The largest absolute Gasteiger partial charge is 0.351 e. The number of piperidine rings is 1. The average molecular weight is 377 g/mol. The van der Waals surface area contributed by atoms with E-state index >= 15 is 0 Å². The first-order valence-electron chi connectivity index (χ1n) is 10.1. The Morgan fingerprint density at radius 1 is 1.14 bits per heavy atom. The Morgan fingerprint density at radius 3 is 2.68 bits per heavy atom. The topological polar surface area (TPSA) is 52.7 Å². The number of nitrogens with zero attached hydrogens (tertiary/aromatic N) is 2. The van der Waals surface area contributed by atoms with Crippen LogP contribution >= 0.6 is 0 Å². The Hall–Kier alpha value is -2.82. The van der Waals surface area contributed by atoms with E-state index in [1.807, 2.05) is 48.2 Å². The molecule has 1 N–H and O–H groups in total. The van der Waals surface area contributed by atoms with Gasteiger partial charge in [-0.25, -0.2) is 0 Å². The molecule has 0 unspecified atom stereocenters. The van der Waals surface area contributed by atoms with Gasteiger partial charge in [-0.05, 0) is 56.9 Å². The standard InChI is InChI=1S/C23H27N3O2/c1-3-25-20-14-18(22(27)24-15-17-9-7-16(2)8-10-17)11-12-19(20)23(28)26-13-5-4-6-21(25)26/h7-12,14,21H,3-6,13,15H2,1-2H3,(H,24,27)/t21-/m0/s1. The normalized spacial score (nSPS) is 18.5. The fourth-order valence-corrected chi connectivity index (χ4v) is 4.25. The summed E-state index contributed by atoms with van der Waals surface area (Å²) in [4.78, 5) is 29.9. The highest BCUT2D eigenvalue weighted by molar-refractivity contribution is 6.04. The molecule has 2 amide bonds. The molecule has 4 rings (SSSR count). The zero-order chi connectivity index (χ0) is 19.7. The van der Waals surface area contributed by atoms with Gasteiger partial charge in [0.15, 0.2) is 0 Å². The van der Waals surface area contributed by atoms with Gasteiger partial charge in [-0.3, -0.25) is 9.59 Å². The Balaban J connectivity index is 1.56. The molecule has 2 aliphatic heterocycles. The molecule has 5 heteroatoms. The molecular weight excluding hydrogens is 350 g/mol. The van der Waals surface area contributed by atoms with Crippen molar-refractivity contribution in [1.29, 1.82) is 0 Å². The van der Waals surface area contributed by atoms with Crippen LogP contribution in [0.2, 0.25) is 0 Å². The maximum Gasteiger partial charge on any atom is 0.257 e. The van der Waals surface area contributed by atoms with Crippen LogP contribution in [-0.4, -0.2) is 36.0 Å². The number of carbonyl (C=O) groups is 2. The number of rotatable bonds is 4. The van der Waals surface area contributed by atoms with E-state index in [2.05, 4.69) is 17.1 Å². The van der Waals surface area contributed by atoms with Crippen molar-refractivity contribution in [2.24, 2.45) is 0 Å². The highest BCUT2D eigenvalue weighted by atomic mass is 16.2. The summed E-state index contributed by atoms with van der Waals surface area (Å²) >= 11 is 0. The summed E-state index contributed by atoms with van der Waals surface area (Å²) in [6.45, 7) is 6.28. The van der Waals surface area contributed by atoms with Crippen molar-refractivity contribution in [3.05, 3.63) is 64.7 Å². The van der Waals surface area contributed by atoms with Crippen molar-refractivity contribution in [2.45, 2.75) is 45.8 Å². The first-order valence-corrected chi connectivity index (χ1v) is 10.1. The van der Waals surface area contributed by atoms with Crippen LogP contribution in [0.3, 0.4) is 0 Å². The second-order valence-electron chi connectivity index (χ2n) is 7.66. The highest BCUT2D eigenvalue weighted by Gasteiger charge is 2.38. The molecule has 2 heterocycles. The minimum absolute atomic E-state index is 0.0935. The molecule has 0 aromatic heterocycles. The van der Waals surface area contributed by atoms with Crippen molar-refractivity contribution in [1.82, 2.24) is 10.2 Å². The molecule has 2 aliphatic rings. The minimum atomic E-state index is -0.113. The molecule has 5 nitrogen and oxygen atoms in total. The Labute approximate surface area is 166 Å². The third-order valence-corrected chi connectivity index (χ3v) is 5.81. The van der Waals surface area contributed by atoms with Gasteiger partial charge in [0.1, 0.15) is 6.17 Å². The van der Waals surface area contributed by atoms with E-state index in [4.69, 9.17) is 0 Å². The number of nitrogens with one attached hydrogen (secondary N) is 1. The molecule has 146 valence electrons. The number of aryl methyl sites for hydroxylation is 1. The van der Waals surface area contributed by atoms with E-state index in [-0.39, 0.29) is 18.0 Å². The molecule has 0 bridgehead atoms. The fraction of sp³-hybridized carbons (Fsp3) is 0.391. The maximum absolute atomic E-state index is 12.9. The minimum Gasteiger partial charge on any atom is -0.351 e. The Bertz CT molecular complexity index is 891. The van der Waals surface area contributed by atoms with Crippen molar-refractivity contribution in [2.75, 3.05) is 18.0 Å². The van der Waals surface area contributed by atoms with Gasteiger partial charge in [0.05, 0.1) is 11.3 Å². The van der Waals surface area contributed by atoms with Crippen LogP contribution in [0.25, 0.3) is 0 Å². The molecule has 0 radical (unpaired) electrons. The summed E-state index contributed by atoms with van der Waals surface area (Å²) in [5, 5.41) is 2.99. The van der Waals surface area contributed by atoms with E-state index in [1.54, 1.807) is 6.07 Å². The van der Waals surface area contributed by atoms with E-state index in [0.717, 1.165) is 43.6 Å². The summed E-state index contributed by atoms with van der Waals surface area (Å²) in [6, 6.07) is 13.6. The average Bonchev–Trinajstić information content (AvgIpc) is 2.73. The molecule has 0 saturated carbocycles. The molecule has 0 aliphatic carbocycles. The monoisotopic (exact) mass is 377 g/mol. The number of benzene rings is 2. The first-order chi connectivity index (χ1) is 13.6. The van der Waals surface area contributed by atoms with Crippen LogP contribution < -0.4 is 10.2 Å². The summed E-state index contributed by atoms with van der Waals surface area (Å²) in [5.41, 5.74) is 4.46. The fourth-order valence-electron chi connectivity index (χ4n) is 4.25. The van der Waals surface area contributed by atoms with Gasteiger partial charge in [-0.15, -0.1) is 0 Å². The number of fused-ring (bicyclic) bond motifs is 2. The summed E-state index contributed by atoms with van der Waals surface area (Å²) in [6.07, 6.45) is 3.30. The lowest BCUT2D eigenvalue weighted by Crippen LogP contribution is -2.57. The van der Waals surface area contributed by atoms with Gasteiger partial charge < -0.3 is 15.1 Å². The van der Waals surface area contributed by atoms with E-state index in [9.17, 15) is 9.59 Å². The second kappa shape index (κ2) is 7.66. The van der Waals surface area contributed by atoms with Gasteiger partial charge in [0, 0.05) is 25.2 Å². The Kier molecular flexibility index (Phi) is 5.07. The van der Waals surface area contributed by atoms with Gasteiger partial charge in [0.25, 0.3) is 11.8 Å². The van der Waals surface area contributed by atoms with Crippen molar-refractivity contribution in [3.63, 3.8) is 0 Å². The third kappa shape index (κ3) is 3.37. The second-order valence-corrected chi connectivity index (χ2v) is 7.66. The van der Waals surface area contributed by atoms with Crippen LogP contribution in [0.15, 0.2) is 42.5 Å². The van der Waals surface area contributed by atoms with Crippen LogP contribution in [0.4, 0.5) is 5.69 Å². The van der Waals surface area contributed by atoms with E-state index in [0.29, 0.717) is 17.7 Å². The lowest BCUT2D eigenvalue weighted by molar-refractivity contribution is 0.0582.